The van der Waals surface area contributed by atoms with Crippen molar-refractivity contribution in [2.75, 3.05) is 19.6 Å². The molecule has 2 aromatic rings. The van der Waals surface area contributed by atoms with Gasteiger partial charge in [-0.25, -0.2) is 13.6 Å². The van der Waals surface area contributed by atoms with Gasteiger partial charge in [0.25, 0.3) is 5.91 Å². The molecule has 1 saturated carbocycles. The molecule has 11 heteroatoms. The van der Waals surface area contributed by atoms with Crippen LogP contribution >= 0.6 is 11.6 Å². The zero-order valence-corrected chi connectivity index (χ0v) is 25.8. The van der Waals surface area contributed by atoms with E-state index in [1.165, 1.54) is 0 Å². The normalized spacial score (nSPS) is 18.8. The summed E-state index contributed by atoms with van der Waals surface area (Å²) in [4.78, 5) is 24.8. The van der Waals surface area contributed by atoms with E-state index in [2.05, 4.69) is 16.0 Å². The third-order valence-corrected chi connectivity index (χ3v) is 7.63. The van der Waals surface area contributed by atoms with Crippen molar-refractivity contribution < 1.29 is 27.8 Å². The van der Waals surface area contributed by atoms with Gasteiger partial charge in [-0.15, -0.1) is 0 Å². The Morgan fingerprint density at radius 2 is 1.64 bits per heavy atom. The van der Waals surface area contributed by atoms with E-state index in [4.69, 9.17) is 26.3 Å². The van der Waals surface area contributed by atoms with Crippen LogP contribution in [-0.2, 0) is 11.2 Å². The predicted molar refractivity (Wildman–Crippen MR) is 157 cm³/mol. The first-order valence-corrected chi connectivity index (χ1v) is 14.2. The average molecular weight is 605 g/mol. The topological polar surface area (TPSA) is 112 Å². The highest BCUT2D eigenvalue weighted by Crippen LogP contribution is 2.55. The molecular weight excluding hydrogens is 566 g/mol. The monoisotopic (exact) mass is 604 g/mol. The molecule has 3 N–H and O–H groups in total. The summed E-state index contributed by atoms with van der Waals surface area (Å²) in [7, 11) is 0. The highest BCUT2D eigenvalue weighted by Gasteiger charge is 2.64. The molecule has 1 aliphatic rings. The molecular formula is C31H39ClF2N4O4. The van der Waals surface area contributed by atoms with E-state index in [-0.39, 0.29) is 11.1 Å². The molecule has 0 aliphatic heterocycles. The van der Waals surface area contributed by atoms with Gasteiger partial charge in [-0.2, -0.15) is 5.26 Å². The number of halogens is 3. The molecule has 0 bridgehead atoms. The van der Waals surface area contributed by atoms with Crippen molar-refractivity contribution in [1.82, 2.24) is 16.0 Å². The second kappa shape index (κ2) is 12.8. The summed E-state index contributed by atoms with van der Waals surface area (Å²) >= 11 is 6.15. The van der Waals surface area contributed by atoms with Crippen LogP contribution in [0.4, 0.5) is 13.6 Å². The Bertz CT molecular complexity index is 1330. The molecule has 1 aliphatic carbocycles. The maximum absolute atomic E-state index is 15.0. The van der Waals surface area contributed by atoms with Crippen molar-refractivity contribution in [3.05, 3.63) is 63.7 Å². The number of carbonyl (C=O) groups excluding carboxylic acids is 2. The highest BCUT2D eigenvalue weighted by molar-refractivity contribution is 6.31. The van der Waals surface area contributed by atoms with Gasteiger partial charge in [-0.3, -0.25) is 4.79 Å². The largest absolute Gasteiger partial charge is 0.489 e. The Hall–Kier alpha value is -3.42. The van der Waals surface area contributed by atoms with Crippen LogP contribution in [0.1, 0.15) is 70.0 Å². The van der Waals surface area contributed by atoms with Crippen molar-refractivity contribution in [2.24, 2.45) is 10.8 Å². The molecule has 0 unspecified atom stereocenters. The average Bonchev–Trinajstić information content (AvgIpc) is 2.86. The van der Waals surface area contributed by atoms with Crippen LogP contribution < -0.4 is 20.7 Å². The summed E-state index contributed by atoms with van der Waals surface area (Å²) in [6.45, 7) is 14.1. The summed E-state index contributed by atoms with van der Waals surface area (Å²) in [6, 6.07) is 8.68. The predicted octanol–water partition coefficient (Wildman–Crippen LogP) is 5.76. The molecule has 8 nitrogen and oxygen atoms in total. The van der Waals surface area contributed by atoms with E-state index in [0.29, 0.717) is 42.9 Å². The summed E-state index contributed by atoms with van der Waals surface area (Å²) in [5.74, 6) is -2.24. The zero-order chi connectivity index (χ0) is 31.5. The van der Waals surface area contributed by atoms with Gasteiger partial charge in [0.15, 0.2) is 0 Å². The fourth-order valence-corrected chi connectivity index (χ4v) is 5.92. The summed E-state index contributed by atoms with van der Waals surface area (Å²) in [5.41, 5.74) is -1.66. The Morgan fingerprint density at radius 3 is 2.19 bits per heavy atom. The SMILES string of the molecule is CC(C)(C)OC(=O)NCCNCCc1cc(F)c(C(=O)N[C@H]2C(C)(C)[C@H](Oc3ccc(C#N)c(Cl)c3)C2(C)C)c(F)c1. The van der Waals surface area contributed by atoms with Gasteiger partial charge in [0.05, 0.1) is 10.6 Å². The number of hydrogen-bond acceptors (Lipinski definition) is 6. The maximum Gasteiger partial charge on any atom is 0.407 e. The van der Waals surface area contributed by atoms with E-state index in [0.717, 1.165) is 12.1 Å². The molecule has 0 radical (unpaired) electrons. The lowest BCUT2D eigenvalue weighted by Crippen LogP contribution is -2.74. The van der Waals surface area contributed by atoms with Crippen molar-refractivity contribution in [3.8, 4) is 11.8 Å². The highest BCUT2D eigenvalue weighted by atomic mass is 35.5. The molecule has 2 aromatic carbocycles. The molecule has 0 spiro atoms. The minimum absolute atomic E-state index is 0.273. The van der Waals surface area contributed by atoms with Gasteiger partial charge in [-0.05, 0) is 63.6 Å². The lowest BCUT2D eigenvalue weighted by atomic mass is 9.49. The molecule has 2 amide bonds. The number of nitrogens with zero attached hydrogens (tertiary/aromatic N) is 1. The number of rotatable bonds is 10. The summed E-state index contributed by atoms with van der Waals surface area (Å²) < 4.78 is 41.4. The van der Waals surface area contributed by atoms with Crippen LogP contribution in [0.25, 0.3) is 0 Å². The molecule has 42 heavy (non-hydrogen) atoms. The van der Waals surface area contributed by atoms with Crippen LogP contribution in [0, 0.1) is 33.8 Å². The molecule has 0 saturated heterocycles. The molecule has 228 valence electrons. The Morgan fingerprint density at radius 1 is 1.02 bits per heavy atom. The summed E-state index contributed by atoms with van der Waals surface area (Å²) in [5, 5.41) is 17.9. The quantitative estimate of drug-likeness (QED) is 0.297. The van der Waals surface area contributed by atoms with E-state index >= 15 is 0 Å². The second-order valence-corrected chi connectivity index (χ2v) is 13.1. The number of alkyl carbamates (subject to hydrolysis) is 1. The lowest BCUT2D eigenvalue weighted by molar-refractivity contribution is -0.164. The molecule has 0 heterocycles. The van der Waals surface area contributed by atoms with Crippen LogP contribution in [0.2, 0.25) is 5.02 Å². The lowest BCUT2D eigenvalue weighted by Gasteiger charge is -2.63. The van der Waals surface area contributed by atoms with Gasteiger partial charge in [-0.1, -0.05) is 39.3 Å². The summed E-state index contributed by atoms with van der Waals surface area (Å²) in [6.07, 6.45) is -0.554. The van der Waals surface area contributed by atoms with E-state index in [1.54, 1.807) is 39.0 Å². The van der Waals surface area contributed by atoms with Crippen molar-refractivity contribution in [3.63, 3.8) is 0 Å². The third kappa shape index (κ3) is 7.69. The molecule has 1 fully saturated rings. The van der Waals surface area contributed by atoms with Crippen molar-refractivity contribution in [1.29, 1.82) is 5.26 Å². The number of hydrogen-bond donors (Lipinski definition) is 3. The van der Waals surface area contributed by atoms with Crippen molar-refractivity contribution >= 4 is 23.6 Å². The minimum atomic E-state index is -0.941. The van der Waals surface area contributed by atoms with Gasteiger partial charge in [0.1, 0.15) is 40.7 Å². The van der Waals surface area contributed by atoms with Crippen molar-refractivity contribution in [2.45, 2.75) is 72.6 Å². The third-order valence-electron chi connectivity index (χ3n) is 7.32. The Kier molecular flexibility index (Phi) is 10.1. The number of carbonyl (C=O) groups is 2. The van der Waals surface area contributed by atoms with E-state index in [1.807, 2.05) is 33.8 Å². The van der Waals surface area contributed by atoms with Gasteiger partial charge < -0.3 is 25.4 Å². The minimum Gasteiger partial charge on any atom is -0.489 e. The first kappa shape index (κ1) is 33.1. The molecule has 3 rings (SSSR count). The molecule has 0 aromatic heterocycles. The first-order valence-electron chi connectivity index (χ1n) is 13.8. The Balaban J connectivity index is 1.56. The Labute approximate surface area is 251 Å². The van der Waals surface area contributed by atoms with Gasteiger partial charge in [0, 0.05) is 36.0 Å². The standard InChI is InChI=1S/C31H39ClF2N4O4/c1-29(2,3)42-28(40)37-13-12-36-11-10-18-14-22(33)24(23(34)15-18)25(39)38-26-30(4,5)27(31(26,6)7)41-20-9-8-19(17-35)21(32)16-20/h8-9,14-16,26-27,36H,10-13H2,1-7H3,(H,37,40)(H,38,39)/t26-,27-. The van der Waals surface area contributed by atoms with Crippen LogP contribution in [-0.4, -0.2) is 49.4 Å². The fourth-order valence-electron chi connectivity index (χ4n) is 5.71. The van der Waals surface area contributed by atoms with Crippen LogP contribution in [0.15, 0.2) is 30.3 Å². The van der Waals surface area contributed by atoms with Crippen LogP contribution in [0.3, 0.4) is 0 Å². The fraction of sp³-hybridized carbons (Fsp3) is 0.516. The second-order valence-electron chi connectivity index (χ2n) is 12.7. The van der Waals surface area contributed by atoms with Gasteiger partial charge >= 0.3 is 6.09 Å². The zero-order valence-electron chi connectivity index (χ0n) is 25.1. The van der Waals surface area contributed by atoms with Crippen LogP contribution in [0.5, 0.6) is 5.75 Å². The maximum atomic E-state index is 15.0. The number of benzene rings is 2. The van der Waals surface area contributed by atoms with E-state index < -0.39 is 51.7 Å². The van der Waals surface area contributed by atoms with E-state index in [9.17, 15) is 18.4 Å². The number of amides is 2. The number of nitrogens with one attached hydrogen (secondary N) is 3. The number of nitriles is 1. The molecule has 0 atom stereocenters. The first-order chi connectivity index (χ1) is 19.5. The smallest absolute Gasteiger partial charge is 0.407 e. The van der Waals surface area contributed by atoms with Gasteiger partial charge in [0.2, 0.25) is 0 Å². The number of ether oxygens (including phenoxy) is 2.